The second-order valence-electron chi connectivity index (χ2n) is 4.43. The summed E-state index contributed by atoms with van der Waals surface area (Å²) in [5.74, 6) is 1.26. The van der Waals surface area contributed by atoms with Crippen LogP contribution < -0.4 is 0 Å². The maximum Gasteiger partial charge on any atom is 0.321 e. The van der Waals surface area contributed by atoms with E-state index >= 15 is 0 Å². The average molecular weight is 294 g/mol. The molecule has 8 heteroatoms. The SMILES string of the molecule is CS(=O)(=O)C1CSCCN1C(=O)N1CCOCC1. The van der Waals surface area contributed by atoms with Gasteiger partial charge in [0.15, 0.2) is 9.84 Å². The Bertz CT molecular complexity index is 406. The van der Waals surface area contributed by atoms with E-state index in [0.717, 1.165) is 5.75 Å². The lowest BCUT2D eigenvalue weighted by Gasteiger charge is -2.38. The fourth-order valence-electron chi connectivity index (χ4n) is 2.09. The number of nitrogens with zero attached hydrogens (tertiary/aromatic N) is 2. The molecule has 104 valence electrons. The lowest BCUT2D eigenvalue weighted by atomic mass is 10.4. The molecule has 2 fully saturated rings. The maximum atomic E-state index is 12.3. The zero-order valence-corrected chi connectivity index (χ0v) is 12.0. The summed E-state index contributed by atoms with van der Waals surface area (Å²) in [7, 11) is -3.23. The predicted octanol–water partition coefficient (Wildman–Crippen LogP) is -0.142. The third-order valence-electron chi connectivity index (χ3n) is 3.11. The smallest absolute Gasteiger partial charge is 0.321 e. The molecule has 2 rings (SSSR count). The molecule has 0 radical (unpaired) electrons. The number of amides is 2. The second kappa shape index (κ2) is 5.66. The number of carbonyl (C=O) groups is 1. The highest BCUT2D eigenvalue weighted by atomic mass is 32.2. The van der Waals surface area contributed by atoms with Crippen molar-refractivity contribution < 1.29 is 17.9 Å². The van der Waals surface area contributed by atoms with Crippen LogP contribution in [-0.2, 0) is 14.6 Å². The van der Waals surface area contributed by atoms with E-state index in [9.17, 15) is 13.2 Å². The standard InChI is InChI=1S/C10H18N2O4S2/c1-18(14,15)9-8-17-7-4-12(9)10(13)11-2-5-16-6-3-11/h9H,2-8H2,1H3. The lowest BCUT2D eigenvalue weighted by molar-refractivity contribution is 0.0429. The number of sulfone groups is 1. The van der Waals surface area contributed by atoms with Crippen molar-refractivity contribution in [1.29, 1.82) is 0 Å². The molecule has 0 aromatic heterocycles. The summed E-state index contributed by atoms with van der Waals surface area (Å²) in [6, 6.07) is -0.172. The van der Waals surface area contributed by atoms with Gasteiger partial charge in [-0.15, -0.1) is 0 Å². The van der Waals surface area contributed by atoms with E-state index in [1.807, 2.05) is 0 Å². The quantitative estimate of drug-likeness (QED) is 0.673. The van der Waals surface area contributed by atoms with Crippen LogP contribution in [0.2, 0.25) is 0 Å². The normalized spacial score (nSPS) is 26.2. The second-order valence-corrected chi connectivity index (χ2v) is 7.79. The van der Waals surface area contributed by atoms with Crippen molar-refractivity contribution >= 4 is 27.6 Å². The average Bonchev–Trinajstić information content (AvgIpc) is 2.38. The van der Waals surface area contributed by atoms with Crippen molar-refractivity contribution in [2.24, 2.45) is 0 Å². The van der Waals surface area contributed by atoms with Gasteiger partial charge in [-0.1, -0.05) is 0 Å². The molecule has 0 bridgehead atoms. The first-order chi connectivity index (χ1) is 8.50. The lowest BCUT2D eigenvalue weighted by Crippen LogP contribution is -2.56. The van der Waals surface area contributed by atoms with Crippen molar-refractivity contribution in [3.05, 3.63) is 0 Å². The Morgan fingerprint density at radius 1 is 1.28 bits per heavy atom. The molecule has 2 aliphatic rings. The van der Waals surface area contributed by atoms with Crippen LogP contribution in [0.4, 0.5) is 4.79 Å². The van der Waals surface area contributed by atoms with Gasteiger partial charge in [-0.05, 0) is 0 Å². The van der Waals surface area contributed by atoms with Crippen LogP contribution in [0.25, 0.3) is 0 Å². The molecule has 0 saturated carbocycles. The van der Waals surface area contributed by atoms with Crippen LogP contribution in [0.5, 0.6) is 0 Å². The van der Waals surface area contributed by atoms with Gasteiger partial charge in [0.1, 0.15) is 5.37 Å². The summed E-state index contributed by atoms with van der Waals surface area (Å²) in [4.78, 5) is 15.5. The molecule has 2 aliphatic heterocycles. The van der Waals surface area contributed by atoms with E-state index in [4.69, 9.17) is 4.74 Å². The van der Waals surface area contributed by atoms with Gasteiger partial charge in [0, 0.05) is 37.4 Å². The monoisotopic (exact) mass is 294 g/mol. The molecule has 2 amide bonds. The van der Waals surface area contributed by atoms with Gasteiger partial charge in [-0.25, -0.2) is 13.2 Å². The van der Waals surface area contributed by atoms with Gasteiger partial charge in [-0.3, -0.25) is 0 Å². The van der Waals surface area contributed by atoms with Crippen molar-refractivity contribution in [2.45, 2.75) is 5.37 Å². The summed E-state index contributed by atoms with van der Waals surface area (Å²) in [5.41, 5.74) is 0. The van der Waals surface area contributed by atoms with Gasteiger partial charge in [0.25, 0.3) is 0 Å². The first-order valence-electron chi connectivity index (χ1n) is 5.90. The first-order valence-corrected chi connectivity index (χ1v) is 9.01. The van der Waals surface area contributed by atoms with Crippen LogP contribution in [0.15, 0.2) is 0 Å². The number of urea groups is 1. The van der Waals surface area contributed by atoms with Crippen LogP contribution in [0.3, 0.4) is 0 Å². The van der Waals surface area contributed by atoms with E-state index in [0.29, 0.717) is 38.6 Å². The Morgan fingerprint density at radius 2 is 1.94 bits per heavy atom. The number of rotatable bonds is 1. The highest BCUT2D eigenvalue weighted by molar-refractivity contribution is 8.00. The molecule has 1 unspecified atom stereocenters. The van der Waals surface area contributed by atoms with Gasteiger partial charge in [0.2, 0.25) is 0 Å². The van der Waals surface area contributed by atoms with Gasteiger partial charge >= 0.3 is 6.03 Å². The Balaban J connectivity index is 2.10. The summed E-state index contributed by atoms with van der Waals surface area (Å²) in [6.07, 6.45) is 1.20. The minimum Gasteiger partial charge on any atom is -0.378 e. The van der Waals surface area contributed by atoms with E-state index in [2.05, 4.69) is 0 Å². The highest BCUT2D eigenvalue weighted by Gasteiger charge is 2.36. The largest absolute Gasteiger partial charge is 0.378 e. The number of hydrogen-bond donors (Lipinski definition) is 0. The van der Waals surface area contributed by atoms with Crippen molar-refractivity contribution in [3.8, 4) is 0 Å². The third kappa shape index (κ3) is 3.10. The summed E-state index contributed by atoms with van der Waals surface area (Å²) < 4.78 is 28.7. The first kappa shape index (κ1) is 14.0. The van der Waals surface area contributed by atoms with Crippen LogP contribution >= 0.6 is 11.8 Å². The molecule has 6 nitrogen and oxygen atoms in total. The molecular formula is C10H18N2O4S2. The van der Waals surface area contributed by atoms with E-state index in [-0.39, 0.29) is 6.03 Å². The molecular weight excluding hydrogens is 276 g/mol. The Kier molecular flexibility index (Phi) is 4.39. The summed E-state index contributed by atoms with van der Waals surface area (Å²) in [6.45, 7) is 2.63. The summed E-state index contributed by atoms with van der Waals surface area (Å²) in [5, 5.41) is -0.688. The van der Waals surface area contributed by atoms with Crippen LogP contribution in [0.1, 0.15) is 0 Å². The van der Waals surface area contributed by atoms with Gasteiger partial charge in [-0.2, -0.15) is 11.8 Å². The van der Waals surface area contributed by atoms with E-state index < -0.39 is 15.2 Å². The molecule has 1 atom stereocenters. The van der Waals surface area contributed by atoms with Crippen molar-refractivity contribution in [2.75, 3.05) is 50.6 Å². The van der Waals surface area contributed by atoms with Gasteiger partial charge in [0.05, 0.1) is 13.2 Å². The Morgan fingerprint density at radius 3 is 2.56 bits per heavy atom. The highest BCUT2D eigenvalue weighted by Crippen LogP contribution is 2.22. The fourth-order valence-corrected chi connectivity index (χ4v) is 4.90. The molecule has 18 heavy (non-hydrogen) atoms. The number of carbonyl (C=O) groups excluding carboxylic acids is 1. The van der Waals surface area contributed by atoms with Gasteiger partial charge < -0.3 is 14.5 Å². The zero-order valence-electron chi connectivity index (χ0n) is 10.4. The topological polar surface area (TPSA) is 66.9 Å². The Labute approximate surface area is 112 Å². The fraction of sp³-hybridized carbons (Fsp3) is 0.900. The molecule has 2 heterocycles. The molecule has 0 N–H and O–H groups in total. The summed E-state index contributed by atoms with van der Waals surface area (Å²) >= 11 is 1.58. The number of morpholine rings is 1. The van der Waals surface area contributed by atoms with E-state index in [1.54, 1.807) is 16.7 Å². The number of hydrogen-bond acceptors (Lipinski definition) is 5. The van der Waals surface area contributed by atoms with Crippen molar-refractivity contribution in [3.63, 3.8) is 0 Å². The molecule has 0 aromatic carbocycles. The molecule has 0 aliphatic carbocycles. The minimum absolute atomic E-state index is 0.172. The molecule has 0 spiro atoms. The van der Waals surface area contributed by atoms with Crippen molar-refractivity contribution in [1.82, 2.24) is 9.80 Å². The number of ether oxygens (including phenoxy) is 1. The third-order valence-corrected chi connectivity index (χ3v) is 5.75. The zero-order chi connectivity index (χ0) is 13.2. The Hall–Kier alpha value is -0.470. The minimum atomic E-state index is -3.23. The van der Waals surface area contributed by atoms with Crippen LogP contribution in [-0.4, -0.2) is 80.2 Å². The number of thioether (sulfide) groups is 1. The maximum absolute atomic E-state index is 12.3. The molecule has 0 aromatic rings. The van der Waals surface area contributed by atoms with Crippen LogP contribution in [0, 0.1) is 0 Å². The molecule has 2 saturated heterocycles. The van der Waals surface area contributed by atoms with E-state index in [1.165, 1.54) is 11.2 Å². The predicted molar refractivity (Wildman–Crippen MR) is 70.5 cm³/mol.